The van der Waals surface area contributed by atoms with Gasteiger partial charge in [-0.3, -0.25) is 4.79 Å². The summed E-state index contributed by atoms with van der Waals surface area (Å²) in [4.78, 5) is 15.5. The van der Waals surface area contributed by atoms with E-state index in [1.165, 1.54) is 27.6 Å². The van der Waals surface area contributed by atoms with Gasteiger partial charge in [0.1, 0.15) is 9.84 Å². The zero-order valence-electron chi connectivity index (χ0n) is 19.6. The summed E-state index contributed by atoms with van der Waals surface area (Å²) in [5.41, 5.74) is 1.30. The molecule has 10 heteroatoms. The molecule has 0 bridgehead atoms. The predicted molar refractivity (Wildman–Crippen MR) is 134 cm³/mol. The van der Waals surface area contributed by atoms with Crippen LogP contribution in [-0.2, 0) is 9.84 Å². The topological polar surface area (TPSA) is 82.1 Å². The summed E-state index contributed by atoms with van der Waals surface area (Å²) in [6.45, 7) is 0.502. The van der Waals surface area contributed by atoms with Crippen LogP contribution in [0.25, 0.3) is 0 Å². The van der Waals surface area contributed by atoms with Crippen LogP contribution in [0, 0.1) is 0 Å². The van der Waals surface area contributed by atoms with Crippen molar-refractivity contribution in [2.75, 3.05) is 39.9 Å². The summed E-state index contributed by atoms with van der Waals surface area (Å²) in [5.74, 6) is 0.780. The predicted octanol–water partition coefficient (Wildman–Crippen LogP) is 4.84. The molecule has 1 heterocycles. The normalized spacial score (nSPS) is 18.5. The molecule has 1 aliphatic rings. The Balaban J connectivity index is 2.03. The van der Waals surface area contributed by atoms with E-state index in [2.05, 4.69) is 0 Å². The first-order valence-electron chi connectivity index (χ1n) is 10.8. The zero-order chi connectivity index (χ0) is 25.0. The van der Waals surface area contributed by atoms with Gasteiger partial charge in [0, 0.05) is 30.3 Å². The molecule has 1 saturated heterocycles. The summed E-state index contributed by atoms with van der Waals surface area (Å²) in [5, 5.41) is 0.869. The van der Waals surface area contributed by atoms with Gasteiger partial charge in [-0.15, -0.1) is 0 Å². The molecule has 0 spiro atoms. The monoisotopic (exact) mass is 529 g/mol. The molecule has 0 aliphatic carbocycles. The van der Waals surface area contributed by atoms with Gasteiger partial charge < -0.3 is 19.1 Å². The first-order valence-corrected chi connectivity index (χ1v) is 13.6. The Labute approximate surface area is 210 Å². The zero-order valence-corrected chi connectivity index (χ0v) is 22.0. The Morgan fingerprint density at radius 3 is 2.21 bits per heavy atom. The maximum Gasteiger partial charge on any atom is 0.254 e. The van der Waals surface area contributed by atoms with Gasteiger partial charge in [-0.25, -0.2) is 8.42 Å². The molecule has 0 N–H and O–H groups in total. The van der Waals surface area contributed by atoms with E-state index in [1.54, 1.807) is 29.2 Å². The number of sulfone groups is 1. The van der Waals surface area contributed by atoms with Crippen molar-refractivity contribution in [3.8, 4) is 17.2 Å². The molecular formula is C24H29Cl2NO6S. The molecule has 2 atom stereocenters. The van der Waals surface area contributed by atoms with Crippen LogP contribution in [0.1, 0.15) is 41.1 Å². The van der Waals surface area contributed by atoms with Crippen LogP contribution in [0.2, 0.25) is 10.0 Å². The van der Waals surface area contributed by atoms with E-state index in [1.807, 2.05) is 6.07 Å². The molecule has 1 fully saturated rings. The van der Waals surface area contributed by atoms with E-state index in [9.17, 15) is 13.2 Å². The maximum absolute atomic E-state index is 13.7. The van der Waals surface area contributed by atoms with Gasteiger partial charge in [-0.05, 0) is 49.1 Å². The molecule has 1 amide bonds. The van der Waals surface area contributed by atoms with Crippen LogP contribution in [-0.4, -0.2) is 65.1 Å². The number of nitrogens with zero attached hydrogens (tertiary/aromatic N) is 1. The maximum atomic E-state index is 13.7. The van der Waals surface area contributed by atoms with E-state index in [0.29, 0.717) is 45.8 Å². The molecule has 2 aromatic carbocycles. The Bertz CT molecular complexity index is 1130. The quantitative estimate of drug-likeness (QED) is 0.486. The Morgan fingerprint density at radius 2 is 1.68 bits per heavy atom. The first kappa shape index (κ1) is 26.4. The second-order valence-corrected chi connectivity index (χ2v) is 11.4. The molecule has 2 unspecified atom stereocenters. The summed E-state index contributed by atoms with van der Waals surface area (Å²) in [6.07, 6.45) is 3.07. The van der Waals surface area contributed by atoms with Crippen molar-refractivity contribution >= 4 is 38.9 Å². The van der Waals surface area contributed by atoms with Crippen molar-refractivity contribution in [3.63, 3.8) is 0 Å². The van der Waals surface area contributed by atoms with Gasteiger partial charge in [0.25, 0.3) is 5.91 Å². The summed E-state index contributed by atoms with van der Waals surface area (Å²) in [6, 6.07) is 8.30. The lowest BCUT2D eigenvalue weighted by Crippen LogP contribution is -2.48. The fourth-order valence-corrected chi connectivity index (χ4v) is 5.48. The molecule has 0 radical (unpaired) electrons. The Morgan fingerprint density at radius 1 is 1.03 bits per heavy atom. The second kappa shape index (κ2) is 11.1. The lowest BCUT2D eigenvalue weighted by molar-refractivity contribution is 0.0568. The minimum absolute atomic E-state index is 0.0332. The lowest BCUT2D eigenvalue weighted by atomic mass is 9.82. The highest BCUT2D eigenvalue weighted by Gasteiger charge is 2.36. The summed E-state index contributed by atoms with van der Waals surface area (Å²) < 4.78 is 40.2. The van der Waals surface area contributed by atoms with Gasteiger partial charge >= 0.3 is 0 Å². The molecule has 0 aromatic heterocycles. The van der Waals surface area contributed by atoms with E-state index < -0.39 is 9.84 Å². The molecule has 3 rings (SSSR count). The van der Waals surface area contributed by atoms with Gasteiger partial charge in [0.15, 0.2) is 11.5 Å². The SMILES string of the molecule is COc1cc(C(=O)N2CCCC(c3ccc(Cl)c(Cl)c3)C2CCS(C)(=O)=O)cc(OC)c1OC. The fraction of sp³-hybridized carbons (Fsp3) is 0.458. The summed E-state index contributed by atoms with van der Waals surface area (Å²) in [7, 11) is 1.24. The van der Waals surface area contributed by atoms with Crippen molar-refractivity contribution in [3.05, 3.63) is 51.5 Å². The second-order valence-electron chi connectivity index (χ2n) is 8.32. The van der Waals surface area contributed by atoms with E-state index >= 15 is 0 Å². The number of piperidine rings is 1. The van der Waals surface area contributed by atoms with Crippen LogP contribution in [0.5, 0.6) is 17.2 Å². The highest BCUT2D eigenvalue weighted by Crippen LogP contribution is 2.41. The minimum atomic E-state index is -3.23. The average molecular weight is 530 g/mol. The van der Waals surface area contributed by atoms with Crippen molar-refractivity contribution < 1.29 is 27.4 Å². The van der Waals surface area contributed by atoms with Crippen molar-refractivity contribution in [1.82, 2.24) is 4.90 Å². The third-order valence-corrected chi connectivity index (χ3v) is 7.82. The lowest BCUT2D eigenvalue weighted by Gasteiger charge is -2.42. The number of hydrogen-bond donors (Lipinski definition) is 0. The van der Waals surface area contributed by atoms with E-state index in [0.717, 1.165) is 18.4 Å². The third kappa shape index (κ3) is 5.90. The fourth-order valence-electron chi connectivity index (χ4n) is 4.50. The number of benzene rings is 2. The van der Waals surface area contributed by atoms with Gasteiger partial charge in [0.05, 0.1) is 37.1 Å². The third-order valence-electron chi connectivity index (χ3n) is 6.11. The van der Waals surface area contributed by atoms with Crippen molar-refractivity contribution in [2.45, 2.75) is 31.2 Å². The molecule has 34 heavy (non-hydrogen) atoms. The number of methoxy groups -OCH3 is 3. The van der Waals surface area contributed by atoms with Crippen molar-refractivity contribution in [1.29, 1.82) is 0 Å². The van der Waals surface area contributed by atoms with Crippen LogP contribution in [0.4, 0.5) is 0 Å². The number of likely N-dealkylation sites (tertiary alicyclic amines) is 1. The van der Waals surface area contributed by atoms with Gasteiger partial charge in [-0.2, -0.15) is 0 Å². The Kier molecular flexibility index (Phi) is 8.60. The average Bonchev–Trinajstić information content (AvgIpc) is 2.82. The van der Waals surface area contributed by atoms with Gasteiger partial charge in [-0.1, -0.05) is 29.3 Å². The number of carbonyl (C=O) groups is 1. The van der Waals surface area contributed by atoms with Crippen LogP contribution in [0.15, 0.2) is 30.3 Å². The number of carbonyl (C=O) groups excluding carboxylic acids is 1. The van der Waals surface area contributed by atoms with Crippen LogP contribution in [0.3, 0.4) is 0 Å². The van der Waals surface area contributed by atoms with E-state index in [-0.39, 0.29) is 23.6 Å². The van der Waals surface area contributed by atoms with Crippen LogP contribution < -0.4 is 14.2 Å². The molecule has 2 aromatic rings. The molecular weight excluding hydrogens is 501 g/mol. The number of ether oxygens (including phenoxy) is 3. The highest BCUT2D eigenvalue weighted by molar-refractivity contribution is 7.90. The summed E-state index contributed by atoms with van der Waals surface area (Å²) >= 11 is 12.4. The number of halogens is 2. The van der Waals surface area contributed by atoms with Gasteiger partial charge in [0.2, 0.25) is 5.75 Å². The number of hydrogen-bond acceptors (Lipinski definition) is 6. The first-order chi connectivity index (χ1) is 16.1. The molecule has 0 saturated carbocycles. The molecule has 1 aliphatic heterocycles. The Hall–Kier alpha value is -2.16. The highest BCUT2D eigenvalue weighted by atomic mass is 35.5. The van der Waals surface area contributed by atoms with Crippen molar-refractivity contribution in [2.24, 2.45) is 0 Å². The molecule has 186 valence electrons. The standard InChI is InChI=1S/C24H29Cl2NO6S/c1-31-21-13-16(14-22(32-2)23(21)33-3)24(28)27-10-5-6-17(20(27)9-11-34(4,29)30)15-7-8-18(25)19(26)12-15/h7-8,12-14,17,20H,5-6,9-11H2,1-4H3. The number of amides is 1. The largest absolute Gasteiger partial charge is 0.493 e. The van der Waals surface area contributed by atoms with Crippen LogP contribution >= 0.6 is 23.2 Å². The number of rotatable bonds is 8. The molecule has 7 nitrogen and oxygen atoms in total. The van der Waals surface area contributed by atoms with E-state index in [4.69, 9.17) is 37.4 Å². The smallest absolute Gasteiger partial charge is 0.254 e. The minimum Gasteiger partial charge on any atom is -0.493 e.